The third-order valence-electron chi connectivity index (χ3n) is 2.09. The fourth-order valence-electron chi connectivity index (χ4n) is 1.39. The van der Waals surface area contributed by atoms with Crippen molar-refractivity contribution in [2.45, 2.75) is 6.92 Å². The Morgan fingerprint density at radius 2 is 1.56 bits per heavy atom. The molecule has 0 fully saturated rings. The van der Waals surface area contributed by atoms with Crippen LogP contribution in [-0.2, 0) is 0 Å². The average molecular weight is 274 g/mol. The van der Waals surface area contributed by atoms with Crippen LogP contribution in [0.2, 0.25) is 15.3 Å². The van der Waals surface area contributed by atoms with Gasteiger partial charge in [-0.25, -0.2) is 9.97 Å². The van der Waals surface area contributed by atoms with E-state index in [0.29, 0.717) is 21.2 Å². The smallest absolute Gasteiger partial charge is 0.162 e. The summed E-state index contributed by atoms with van der Waals surface area (Å²) in [6, 6.07) is 6.97. The molecule has 2 nitrogen and oxygen atoms in total. The Morgan fingerprint density at radius 3 is 2.12 bits per heavy atom. The molecule has 5 heteroatoms. The topological polar surface area (TPSA) is 25.8 Å². The van der Waals surface area contributed by atoms with Gasteiger partial charge in [-0.1, -0.05) is 34.8 Å². The molecular weight excluding hydrogens is 266 g/mol. The second-order valence-electron chi connectivity index (χ2n) is 3.30. The molecule has 0 spiro atoms. The van der Waals surface area contributed by atoms with Crippen molar-refractivity contribution in [2.24, 2.45) is 0 Å². The Morgan fingerprint density at radius 1 is 0.938 bits per heavy atom. The maximum absolute atomic E-state index is 5.87. The van der Waals surface area contributed by atoms with Crippen LogP contribution in [0.3, 0.4) is 0 Å². The normalized spacial score (nSPS) is 10.5. The van der Waals surface area contributed by atoms with Crippen molar-refractivity contribution >= 4 is 34.8 Å². The van der Waals surface area contributed by atoms with E-state index >= 15 is 0 Å². The number of hydrogen-bond donors (Lipinski definition) is 0. The van der Waals surface area contributed by atoms with Gasteiger partial charge in [0, 0.05) is 16.7 Å². The van der Waals surface area contributed by atoms with Gasteiger partial charge in [0.05, 0.1) is 0 Å². The lowest BCUT2D eigenvalue weighted by Gasteiger charge is -2.05. The summed E-state index contributed by atoms with van der Waals surface area (Å²) in [5.74, 6) is 0.506. The van der Waals surface area contributed by atoms with E-state index in [9.17, 15) is 0 Å². The maximum Gasteiger partial charge on any atom is 0.162 e. The zero-order valence-corrected chi connectivity index (χ0v) is 10.6. The van der Waals surface area contributed by atoms with Crippen molar-refractivity contribution in [1.82, 2.24) is 9.97 Å². The van der Waals surface area contributed by atoms with Crippen LogP contribution in [0.15, 0.2) is 24.3 Å². The van der Waals surface area contributed by atoms with Crippen molar-refractivity contribution < 1.29 is 0 Å². The van der Waals surface area contributed by atoms with E-state index in [4.69, 9.17) is 34.8 Å². The summed E-state index contributed by atoms with van der Waals surface area (Å²) in [6.45, 7) is 1.93. The first-order valence-electron chi connectivity index (χ1n) is 4.53. The van der Waals surface area contributed by atoms with Gasteiger partial charge in [-0.15, -0.1) is 0 Å². The number of aromatic nitrogens is 2. The van der Waals surface area contributed by atoms with Crippen LogP contribution < -0.4 is 0 Å². The van der Waals surface area contributed by atoms with E-state index in [2.05, 4.69) is 9.97 Å². The fourth-order valence-corrected chi connectivity index (χ4v) is 2.04. The number of hydrogen-bond acceptors (Lipinski definition) is 2. The minimum Gasteiger partial charge on any atom is -0.216 e. The predicted octanol–water partition coefficient (Wildman–Crippen LogP) is 4.41. The SMILES string of the molecule is Cc1cc(Cl)ccc1-c1nc(Cl)cc(Cl)n1. The number of aryl methyl sites for hydroxylation is 1. The summed E-state index contributed by atoms with van der Waals surface area (Å²) in [5, 5.41) is 1.32. The van der Waals surface area contributed by atoms with Crippen LogP contribution in [0.5, 0.6) is 0 Å². The first-order chi connectivity index (χ1) is 7.56. The molecule has 2 rings (SSSR count). The molecule has 1 aromatic carbocycles. The average Bonchev–Trinajstić information content (AvgIpc) is 2.15. The highest BCUT2D eigenvalue weighted by Crippen LogP contribution is 2.25. The lowest BCUT2D eigenvalue weighted by atomic mass is 10.1. The molecule has 0 atom stereocenters. The standard InChI is InChI=1S/C11H7Cl3N2/c1-6-4-7(12)2-3-8(6)11-15-9(13)5-10(14)16-11/h2-5H,1H3. The Labute approximate surface area is 108 Å². The number of rotatable bonds is 1. The van der Waals surface area contributed by atoms with Crippen molar-refractivity contribution in [3.05, 3.63) is 45.2 Å². The van der Waals surface area contributed by atoms with Crippen molar-refractivity contribution in [2.75, 3.05) is 0 Å². The Bertz CT molecular complexity index is 520. The molecule has 0 aliphatic heterocycles. The molecule has 0 amide bonds. The monoisotopic (exact) mass is 272 g/mol. The van der Waals surface area contributed by atoms with Gasteiger partial charge in [0.1, 0.15) is 10.3 Å². The molecule has 2 aromatic rings. The van der Waals surface area contributed by atoms with E-state index in [1.807, 2.05) is 19.1 Å². The molecule has 0 saturated heterocycles. The largest absolute Gasteiger partial charge is 0.216 e. The van der Waals surface area contributed by atoms with E-state index in [-0.39, 0.29) is 0 Å². The van der Waals surface area contributed by atoms with Crippen LogP contribution in [0.4, 0.5) is 0 Å². The molecule has 0 bridgehead atoms. The Hall–Kier alpha value is -0.830. The van der Waals surface area contributed by atoms with Gasteiger partial charge >= 0.3 is 0 Å². The first kappa shape index (κ1) is 11.6. The molecular formula is C11H7Cl3N2. The van der Waals surface area contributed by atoms with Crippen LogP contribution in [0, 0.1) is 6.92 Å². The van der Waals surface area contributed by atoms with Crippen molar-refractivity contribution in [1.29, 1.82) is 0 Å². The number of benzene rings is 1. The molecule has 16 heavy (non-hydrogen) atoms. The van der Waals surface area contributed by atoms with Crippen molar-refractivity contribution in [3.8, 4) is 11.4 Å². The third kappa shape index (κ3) is 2.46. The molecule has 0 unspecified atom stereocenters. The number of nitrogens with zero attached hydrogens (tertiary/aromatic N) is 2. The number of halogens is 3. The molecule has 82 valence electrons. The summed E-state index contributed by atoms with van der Waals surface area (Å²) in [6.07, 6.45) is 0. The van der Waals surface area contributed by atoms with E-state index in [0.717, 1.165) is 11.1 Å². The molecule has 1 heterocycles. The second-order valence-corrected chi connectivity index (χ2v) is 4.51. The highest BCUT2D eigenvalue weighted by molar-refractivity contribution is 6.33. The molecule has 0 saturated carbocycles. The van der Waals surface area contributed by atoms with Crippen molar-refractivity contribution in [3.63, 3.8) is 0 Å². The summed E-state index contributed by atoms with van der Waals surface area (Å²) in [4.78, 5) is 8.24. The van der Waals surface area contributed by atoms with Gasteiger partial charge in [-0.05, 0) is 30.7 Å². The minimum atomic E-state index is 0.323. The van der Waals surface area contributed by atoms with Gasteiger partial charge in [0.15, 0.2) is 5.82 Å². The summed E-state index contributed by atoms with van der Waals surface area (Å²) < 4.78 is 0. The molecule has 0 aliphatic carbocycles. The summed E-state index contributed by atoms with van der Waals surface area (Å²) in [7, 11) is 0. The van der Waals surface area contributed by atoms with Crippen LogP contribution >= 0.6 is 34.8 Å². The second kappa shape index (κ2) is 4.58. The summed E-state index contributed by atoms with van der Waals surface area (Å²) in [5.41, 5.74) is 1.85. The highest BCUT2D eigenvalue weighted by atomic mass is 35.5. The third-order valence-corrected chi connectivity index (χ3v) is 2.72. The van der Waals surface area contributed by atoms with Crippen LogP contribution in [0.1, 0.15) is 5.56 Å². The van der Waals surface area contributed by atoms with Gasteiger partial charge in [0.25, 0.3) is 0 Å². The lowest BCUT2D eigenvalue weighted by Crippen LogP contribution is -1.92. The van der Waals surface area contributed by atoms with E-state index in [1.165, 1.54) is 6.07 Å². The van der Waals surface area contributed by atoms with Gasteiger partial charge in [-0.3, -0.25) is 0 Å². The molecule has 1 aromatic heterocycles. The van der Waals surface area contributed by atoms with Gasteiger partial charge in [-0.2, -0.15) is 0 Å². The maximum atomic E-state index is 5.87. The van der Waals surface area contributed by atoms with Crippen LogP contribution in [-0.4, -0.2) is 9.97 Å². The van der Waals surface area contributed by atoms with Crippen LogP contribution in [0.25, 0.3) is 11.4 Å². The van der Waals surface area contributed by atoms with Gasteiger partial charge < -0.3 is 0 Å². The quantitative estimate of drug-likeness (QED) is 0.719. The zero-order valence-electron chi connectivity index (χ0n) is 8.34. The molecule has 0 radical (unpaired) electrons. The first-order valence-corrected chi connectivity index (χ1v) is 5.66. The van der Waals surface area contributed by atoms with Gasteiger partial charge in [0.2, 0.25) is 0 Å². The minimum absolute atomic E-state index is 0.323. The summed E-state index contributed by atoms with van der Waals surface area (Å²) >= 11 is 17.5. The molecule has 0 aliphatic rings. The Kier molecular flexibility index (Phi) is 3.33. The highest BCUT2D eigenvalue weighted by Gasteiger charge is 2.07. The fraction of sp³-hybridized carbons (Fsp3) is 0.0909. The van der Waals surface area contributed by atoms with E-state index < -0.39 is 0 Å². The lowest BCUT2D eigenvalue weighted by molar-refractivity contribution is 1.17. The van der Waals surface area contributed by atoms with E-state index in [1.54, 1.807) is 6.07 Å². The molecule has 0 N–H and O–H groups in total. The predicted molar refractivity (Wildman–Crippen MR) is 67.2 cm³/mol. The zero-order chi connectivity index (χ0) is 11.7. The Balaban J connectivity index is 2.58.